The van der Waals surface area contributed by atoms with E-state index in [0.29, 0.717) is 0 Å². The highest BCUT2D eigenvalue weighted by atomic mass is 79.9. The Morgan fingerprint density at radius 2 is 1.44 bits per heavy atom. The summed E-state index contributed by atoms with van der Waals surface area (Å²) >= 11 is 3.62. The van der Waals surface area contributed by atoms with Crippen LogP contribution in [0.25, 0.3) is 21.8 Å². The minimum atomic E-state index is 0.900. The van der Waals surface area contributed by atoms with Gasteiger partial charge in [-0.1, -0.05) is 24.3 Å². The number of hydrogen-bond acceptors (Lipinski definition) is 1. The number of halogens is 1. The van der Waals surface area contributed by atoms with Gasteiger partial charge in [-0.2, -0.15) is 0 Å². The molecule has 1 aromatic heterocycles. The Kier molecular flexibility index (Phi) is 6.22. The molecule has 1 aliphatic heterocycles. The molecule has 0 aliphatic carbocycles. The fourth-order valence-corrected chi connectivity index (χ4v) is 5.85. The maximum atomic E-state index is 5.36. The molecule has 5 heteroatoms. The van der Waals surface area contributed by atoms with Crippen molar-refractivity contribution in [1.29, 1.82) is 0 Å². The lowest BCUT2D eigenvalue weighted by Crippen LogP contribution is -3.27. The Morgan fingerprint density at radius 1 is 0.812 bits per heavy atom. The quantitative estimate of drug-likeness (QED) is 0.423. The van der Waals surface area contributed by atoms with Crippen molar-refractivity contribution < 1.29 is 14.5 Å². The number of nitrogens with one attached hydrogen (secondary N) is 2. The van der Waals surface area contributed by atoms with Crippen LogP contribution >= 0.6 is 15.9 Å². The van der Waals surface area contributed by atoms with Crippen LogP contribution in [-0.2, 0) is 19.6 Å². The third-order valence-electron chi connectivity index (χ3n) is 6.94. The first kappa shape index (κ1) is 21.5. The predicted octanol–water partition coefficient (Wildman–Crippen LogP) is 3.07. The molecule has 0 spiro atoms. The van der Waals surface area contributed by atoms with Crippen molar-refractivity contribution in [1.82, 2.24) is 4.57 Å². The van der Waals surface area contributed by atoms with Gasteiger partial charge in [0, 0.05) is 39.5 Å². The second-order valence-electron chi connectivity index (χ2n) is 8.94. The second kappa shape index (κ2) is 9.26. The summed E-state index contributed by atoms with van der Waals surface area (Å²) < 4.78 is 8.83. The molecule has 0 bridgehead atoms. The minimum Gasteiger partial charge on any atom is -0.496 e. The molecule has 1 aliphatic rings. The third-order valence-corrected chi connectivity index (χ3v) is 7.56. The van der Waals surface area contributed by atoms with Crippen LogP contribution in [0.5, 0.6) is 5.75 Å². The average Bonchev–Trinajstić information content (AvgIpc) is 3.13. The first-order valence-electron chi connectivity index (χ1n) is 11.7. The van der Waals surface area contributed by atoms with Crippen LogP contribution in [0.3, 0.4) is 0 Å². The summed E-state index contributed by atoms with van der Waals surface area (Å²) in [6.45, 7) is 10.3. The van der Waals surface area contributed by atoms with Crippen LogP contribution in [0, 0.1) is 0 Å². The zero-order chi connectivity index (χ0) is 22.1. The number of aromatic nitrogens is 1. The molecule has 0 saturated carbocycles. The molecule has 0 atom stereocenters. The number of quaternary nitrogens is 2. The fraction of sp³-hybridized carbons (Fsp3) is 0.333. The number of para-hydroxylation sites is 1. The van der Waals surface area contributed by atoms with E-state index >= 15 is 0 Å². The summed E-state index contributed by atoms with van der Waals surface area (Å²) in [5.41, 5.74) is 5.52. The van der Waals surface area contributed by atoms with E-state index in [2.05, 4.69) is 88.1 Å². The number of ether oxygens (including phenoxy) is 1. The van der Waals surface area contributed by atoms with Crippen molar-refractivity contribution in [2.24, 2.45) is 0 Å². The van der Waals surface area contributed by atoms with Crippen LogP contribution in [0.4, 0.5) is 0 Å². The monoisotopic (exact) mass is 493 g/mol. The summed E-state index contributed by atoms with van der Waals surface area (Å²) in [6.07, 6.45) is 0. The van der Waals surface area contributed by atoms with Gasteiger partial charge in [-0.25, -0.2) is 0 Å². The SMILES string of the molecule is CCn1c2ccccc2c2cc(C[NH+]3CC[NH+](Cc4ccc(OC)c(Br)c4)CC3)ccc21. The first-order chi connectivity index (χ1) is 15.7. The Balaban J connectivity index is 1.25. The third kappa shape index (κ3) is 4.17. The summed E-state index contributed by atoms with van der Waals surface area (Å²) in [5, 5.41) is 2.77. The van der Waals surface area contributed by atoms with Crippen LogP contribution in [-0.4, -0.2) is 37.9 Å². The molecule has 4 aromatic rings. The van der Waals surface area contributed by atoms with Gasteiger partial charge >= 0.3 is 0 Å². The highest BCUT2D eigenvalue weighted by molar-refractivity contribution is 9.10. The van der Waals surface area contributed by atoms with Gasteiger partial charge in [0.15, 0.2) is 0 Å². The summed E-state index contributed by atoms with van der Waals surface area (Å²) in [5.74, 6) is 0.900. The molecule has 1 fully saturated rings. The number of benzene rings is 3. The lowest BCUT2D eigenvalue weighted by atomic mass is 10.1. The molecule has 32 heavy (non-hydrogen) atoms. The Morgan fingerprint density at radius 3 is 2.09 bits per heavy atom. The molecule has 1 saturated heterocycles. The van der Waals surface area contributed by atoms with E-state index in [-0.39, 0.29) is 0 Å². The van der Waals surface area contributed by atoms with Crippen molar-refractivity contribution in [2.45, 2.75) is 26.6 Å². The van der Waals surface area contributed by atoms with Crippen LogP contribution in [0.2, 0.25) is 0 Å². The lowest BCUT2D eigenvalue weighted by molar-refractivity contribution is -1.02. The van der Waals surface area contributed by atoms with Crippen LogP contribution < -0.4 is 14.5 Å². The lowest BCUT2D eigenvalue weighted by Gasteiger charge is -2.30. The molecule has 166 valence electrons. The number of aryl methyl sites for hydroxylation is 1. The second-order valence-corrected chi connectivity index (χ2v) is 9.79. The summed E-state index contributed by atoms with van der Waals surface area (Å²) in [4.78, 5) is 3.37. The predicted molar refractivity (Wildman–Crippen MR) is 135 cm³/mol. The van der Waals surface area contributed by atoms with E-state index in [1.54, 1.807) is 16.9 Å². The van der Waals surface area contributed by atoms with Gasteiger partial charge in [0.1, 0.15) is 45.0 Å². The molecule has 0 amide bonds. The zero-order valence-corrected chi connectivity index (χ0v) is 20.5. The van der Waals surface area contributed by atoms with E-state index in [4.69, 9.17) is 4.74 Å². The van der Waals surface area contributed by atoms with Crippen molar-refractivity contribution >= 4 is 37.7 Å². The largest absolute Gasteiger partial charge is 0.496 e. The smallest absolute Gasteiger partial charge is 0.133 e. The minimum absolute atomic E-state index is 0.900. The van der Waals surface area contributed by atoms with Crippen LogP contribution in [0.1, 0.15) is 18.1 Å². The number of rotatable bonds is 6. The van der Waals surface area contributed by atoms with Crippen molar-refractivity contribution in [3.8, 4) is 5.75 Å². The maximum absolute atomic E-state index is 5.36. The zero-order valence-electron chi connectivity index (χ0n) is 19.0. The van der Waals surface area contributed by atoms with Gasteiger partial charge in [0.05, 0.1) is 11.6 Å². The van der Waals surface area contributed by atoms with Gasteiger partial charge in [-0.05, 0) is 59.3 Å². The van der Waals surface area contributed by atoms with Gasteiger partial charge in [-0.3, -0.25) is 0 Å². The maximum Gasteiger partial charge on any atom is 0.133 e. The number of fused-ring (bicyclic) bond motifs is 3. The van der Waals surface area contributed by atoms with Crippen molar-refractivity contribution in [3.63, 3.8) is 0 Å². The Labute approximate surface area is 198 Å². The van der Waals surface area contributed by atoms with Crippen molar-refractivity contribution in [2.75, 3.05) is 33.3 Å². The van der Waals surface area contributed by atoms with Gasteiger partial charge in [0.2, 0.25) is 0 Å². The summed E-state index contributed by atoms with van der Waals surface area (Å²) in [7, 11) is 1.71. The molecular weight excluding hydrogens is 462 g/mol. The van der Waals surface area contributed by atoms with Gasteiger partial charge in [-0.15, -0.1) is 0 Å². The first-order valence-corrected chi connectivity index (χ1v) is 12.4. The van der Waals surface area contributed by atoms with E-state index in [0.717, 1.165) is 29.9 Å². The van der Waals surface area contributed by atoms with E-state index in [9.17, 15) is 0 Å². The molecule has 0 unspecified atom stereocenters. The number of methoxy groups -OCH3 is 1. The molecule has 2 heterocycles. The van der Waals surface area contributed by atoms with Gasteiger partial charge < -0.3 is 19.1 Å². The Hall–Kier alpha value is -2.34. The molecule has 4 nitrogen and oxygen atoms in total. The highest BCUT2D eigenvalue weighted by Crippen LogP contribution is 2.29. The molecule has 0 radical (unpaired) electrons. The fourth-order valence-electron chi connectivity index (χ4n) is 5.26. The number of nitrogens with zero attached hydrogens (tertiary/aromatic N) is 1. The Bertz CT molecular complexity index is 1240. The normalized spacial score (nSPS) is 19.0. The molecule has 5 rings (SSSR count). The number of piperazine rings is 1. The van der Waals surface area contributed by atoms with E-state index in [1.807, 2.05) is 0 Å². The average molecular weight is 494 g/mol. The van der Waals surface area contributed by atoms with Crippen molar-refractivity contribution in [3.05, 3.63) is 76.3 Å². The number of hydrogen-bond donors (Lipinski definition) is 2. The standard InChI is InChI=1S/C27H30BrN3O/c1-3-31-25-7-5-4-6-22(25)23-16-20(8-10-26(23)31)18-29-12-14-30(15-13-29)19-21-9-11-27(32-2)24(28)17-21/h4-11,16-17H,3,12-15,18-19H2,1-2H3/p+2. The van der Waals surface area contributed by atoms with E-state index < -0.39 is 0 Å². The molecule has 2 N–H and O–H groups in total. The highest BCUT2D eigenvalue weighted by Gasteiger charge is 2.23. The molecule has 3 aromatic carbocycles. The topological polar surface area (TPSA) is 23.0 Å². The summed E-state index contributed by atoms with van der Waals surface area (Å²) in [6, 6.07) is 22.4. The van der Waals surface area contributed by atoms with Crippen LogP contribution in [0.15, 0.2) is 65.1 Å². The van der Waals surface area contributed by atoms with E-state index in [1.165, 1.54) is 59.1 Å². The van der Waals surface area contributed by atoms with Gasteiger partial charge in [0.25, 0.3) is 0 Å². The molecular formula is C27H32BrN3O+2.